The average molecular weight is 1080 g/mol. The van der Waals surface area contributed by atoms with Gasteiger partial charge in [0.25, 0.3) is 11.8 Å². The molecule has 2 heterocycles. The number of esters is 2. The normalized spacial score (nSPS) is 12.9. The molecule has 1 unspecified atom stereocenters. The molecule has 4 aromatic rings. The molecule has 1 aliphatic rings. The Labute approximate surface area is 445 Å². The second-order valence-corrected chi connectivity index (χ2v) is 17.5. The second kappa shape index (κ2) is 33.1. The van der Waals surface area contributed by atoms with Gasteiger partial charge in [0.2, 0.25) is 5.91 Å². The molecule has 0 aliphatic carbocycles. The Morgan fingerprint density at radius 2 is 1.24 bits per heavy atom. The minimum Gasteiger partial charge on any atom is -0.497 e. The topological polar surface area (TPSA) is 289 Å². The van der Waals surface area contributed by atoms with E-state index in [9.17, 15) is 43.2 Å². The van der Waals surface area contributed by atoms with Gasteiger partial charge >= 0.3 is 35.8 Å². The molecule has 2 amide bonds. The van der Waals surface area contributed by atoms with Gasteiger partial charge in [0.1, 0.15) is 18.4 Å². The van der Waals surface area contributed by atoms with Gasteiger partial charge in [0.05, 0.1) is 25.7 Å². The number of halogens is 1. The maximum absolute atomic E-state index is 13.6. The number of nitrogens with one attached hydrogen (secondary N) is 1. The first kappa shape index (κ1) is 62.4. The monoisotopic (exact) mass is 1080 g/mol. The third-order valence-corrected chi connectivity index (χ3v) is 11.7. The number of methoxy groups -OCH3 is 1. The van der Waals surface area contributed by atoms with Crippen LogP contribution in [0.15, 0.2) is 97.1 Å². The minimum atomic E-state index is -1.26. The van der Waals surface area contributed by atoms with Crippen molar-refractivity contribution in [2.24, 2.45) is 0 Å². The van der Waals surface area contributed by atoms with Crippen molar-refractivity contribution in [3.05, 3.63) is 125 Å². The van der Waals surface area contributed by atoms with E-state index in [1.165, 1.54) is 0 Å². The molecular formula is C54H66ClN5O16. The standard InChI is InChI=1S/C46H58ClN5O8.2C4H4O4/c1-5-21-51(22-6-2)46(57)40(48-44(55)34-11-8-7-9-12-34)18-20-42(53)59-29-10-23-49-24-26-50(27-25-49)28-30-60-43(54)32-38-33(3)52(41-19-17-37(58-4)31-39(38)41)45(56)35-13-15-36(47)16-14-35;2*5-3(6)1-2-4(7)8/h7-9,11-17,19,31,40H,5-6,10,18,20-30,32H2,1-4H3,(H,48,55);2*1-2H,(H,5,6)(H,7,8)/b;2*2-1-. The van der Waals surface area contributed by atoms with Crippen molar-refractivity contribution >= 4 is 76.0 Å². The number of piperazine rings is 1. The molecule has 1 aliphatic heterocycles. The number of nitrogens with zero attached hydrogens (tertiary/aromatic N) is 4. The number of carbonyl (C=O) groups excluding carboxylic acids is 5. The third kappa shape index (κ3) is 21.9. The molecule has 0 bridgehead atoms. The molecular weight excluding hydrogens is 1010 g/mol. The van der Waals surface area contributed by atoms with Crippen LogP contribution in [0.2, 0.25) is 5.02 Å². The van der Waals surface area contributed by atoms with E-state index >= 15 is 0 Å². The zero-order valence-electron chi connectivity index (χ0n) is 43.0. The van der Waals surface area contributed by atoms with Gasteiger partial charge < -0.3 is 49.8 Å². The molecule has 5 rings (SSSR count). The van der Waals surface area contributed by atoms with Crippen LogP contribution in [0.4, 0.5) is 0 Å². The molecule has 410 valence electrons. The maximum Gasteiger partial charge on any atom is 0.328 e. The molecule has 1 saturated heterocycles. The highest BCUT2D eigenvalue weighted by molar-refractivity contribution is 6.30. The summed E-state index contributed by atoms with van der Waals surface area (Å²) < 4.78 is 18.3. The maximum atomic E-state index is 13.6. The first-order valence-corrected chi connectivity index (χ1v) is 24.8. The largest absolute Gasteiger partial charge is 0.497 e. The van der Waals surface area contributed by atoms with Crippen LogP contribution in [0, 0.1) is 6.92 Å². The summed E-state index contributed by atoms with van der Waals surface area (Å²) in [6, 6.07) is 20.1. The number of carboxylic acids is 4. The number of fused-ring (bicyclic) bond motifs is 1. The van der Waals surface area contributed by atoms with Gasteiger partial charge in [-0.3, -0.25) is 33.4 Å². The van der Waals surface area contributed by atoms with Crippen LogP contribution in [0.3, 0.4) is 0 Å². The Morgan fingerprint density at radius 1 is 0.697 bits per heavy atom. The lowest BCUT2D eigenvalue weighted by atomic mass is 10.1. The summed E-state index contributed by atoms with van der Waals surface area (Å²) in [5.74, 6) is -5.94. The number of aliphatic carboxylic acids is 4. The Hall–Kier alpha value is -7.88. The second-order valence-electron chi connectivity index (χ2n) is 17.0. The Morgan fingerprint density at radius 3 is 1.76 bits per heavy atom. The van der Waals surface area contributed by atoms with Crippen molar-refractivity contribution in [2.45, 2.75) is 65.3 Å². The summed E-state index contributed by atoms with van der Waals surface area (Å²) in [6.07, 6.45) is 4.67. The predicted octanol–water partition coefficient (Wildman–Crippen LogP) is 5.59. The summed E-state index contributed by atoms with van der Waals surface area (Å²) in [5.41, 5.74) is 2.98. The highest BCUT2D eigenvalue weighted by Gasteiger charge is 2.27. The third-order valence-electron chi connectivity index (χ3n) is 11.5. The quantitative estimate of drug-likeness (QED) is 0.0307. The van der Waals surface area contributed by atoms with Crippen molar-refractivity contribution in [1.29, 1.82) is 0 Å². The van der Waals surface area contributed by atoms with Gasteiger partial charge in [-0.15, -0.1) is 0 Å². The van der Waals surface area contributed by atoms with Crippen molar-refractivity contribution < 1.29 is 77.8 Å². The van der Waals surface area contributed by atoms with Crippen LogP contribution in [-0.2, 0) is 49.5 Å². The molecule has 1 fully saturated rings. The van der Waals surface area contributed by atoms with Crippen LogP contribution in [0.5, 0.6) is 5.75 Å². The van der Waals surface area contributed by atoms with Crippen LogP contribution < -0.4 is 10.1 Å². The number of amides is 2. The van der Waals surface area contributed by atoms with Gasteiger partial charge in [-0.1, -0.05) is 43.6 Å². The van der Waals surface area contributed by atoms with Crippen molar-refractivity contribution in [2.75, 3.05) is 72.7 Å². The molecule has 1 aromatic heterocycles. The number of ether oxygens (including phenoxy) is 3. The molecule has 76 heavy (non-hydrogen) atoms. The SMILES string of the molecule is CCCN(CCC)C(=O)C(CCC(=O)OCCCN1CCN(CCOC(=O)Cc2c(C)n(C(=O)c3ccc(Cl)cc3)c3ccc(OC)cc23)CC1)NC(=O)c1ccccc1.O=C(O)/C=C\C(=O)O.O=C(O)/C=C\C(=O)O. The number of hydrogen-bond donors (Lipinski definition) is 5. The van der Waals surface area contributed by atoms with E-state index < -0.39 is 35.9 Å². The molecule has 21 nitrogen and oxygen atoms in total. The Kier molecular flexibility index (Phi) is 27.2. The van der Waals surface area contributed by atoms with E-state index in [1.807, 2.05) is 39.0 Å². The fourth-order valence-corrected chi connectivity index (χ4v) is 7.92. The predicted molar refractivity (Wildman–Crippen MR) is 280 cm³/mol. The number of aromatic nitrogens is 1. The molecule has 0 saturated carbocycles. The van der Waals surface area contributed by atoms with Gasteiger partial charge in [-0.25, -0.2) is 19.2 Å². The zero-order chi connectivity index (χ0) is 56.2. The van der Waals surface area contributed by atoms with Crippen LogP contribution in [-0.4, -0.2) is 172 Å². The molecule has 3 aromatic carbocycles. The van der Waals surface area contributed by atoms with E-state index in [4.69, 9.17) is 46.2 Å². The molecule has 22 heteroatoms. The van der Waals surface area contributed by atoms with Crippen molar-refractivity contribution in [3.63, 3.8) is 0 Å². The van der Waals surface area contributed by atoms with E-state index in [0.29, 0.717) is 89.0 Å². The lowest BCUT2D eigenvalue weighted by Crippen LogP contribution is -2.49. The number of rotatable bonds is 25. The Bertz CT molecular complexity index is 2590. The van der Waals surface area contributed by atoms with Crippen molar-refractivity contribution in [1.82, 2.24) is 24.6 Å². The van der Waals surface area contributed by atoms with Crippen LogP contribution in [0.25, 0.3) is 10.9 Å². The van der Waals surface area contributed by atoms with E-state index in [2.05, 4.69) is 15.1 Å². The fourth-order valence-electron chi connectivity index (χ4n) is 7.79. The van der Waals surface area contributed by atoms with Gasteiger partial charge in [0, 0.05) is 110 Å². The smallest absolute Gasteiger partial charge is 0.328 e. The fraction of sp³-hybridized carbons (Fsp3) is 0.389. The van der Waals surface area contributed by atoms with Gasteiger partial charge in [0.15, 0.2) is 0 Å². The van der Waals surface area contributed by atoms with E-state index in [-0.39, 0.29) is 56.2 Å². The van der Waals surface area contributed by atoms with E-state index in [0.717, 1.165) is 51.0 Å². The summed E-state index contributed by atoms with van der Waals surface area (Å²) in [5, 5.41) is 35.4. The van der Waals surface area contributed by atoms with Crippen LogP contribution >= 0.6 is 11.6 Å². The van der Waals surface area contributed by atoms with Gasteiger partial charge in [-0.2, -0.15) is 0 Å². The number of benzene rings is 3. The Balaban J connectivity index is 0.000000820. The van der Waals surface area contributed by atoms with Crippen molar-refractivity contribution in [3.8, 4) is 5.75 Å². The first-order valence-electron chi connectivity index (χ1n) is 24.4. The van der Waals surface area contributed by atoms with Crippen LogP contribution in [0.1, 0.15) is 77.9 Å². The minimum absolute atomic E-state index is 0.00873. The average Bonchev–Trinajstić information content (AvgIpc) is 3.68. The first-order chi connectivity index (χ1) is 36.3. The zero-order valence-corrected chi connectivity index (χ0v) is 43.7. The highest BCUT2D eigenvalue weighted by Crippen LogP contribution is 2.31. The summed E-state index contributed by atoms with van der Waals surface area (Å²) in [7, 11) is 1.58. The van der Waals surface area contributed by atoms with Gasteiger partial charge in [-0.05, 0) is 92.8 Å². The summed E-state index contributed by atoms with van der Waals surface area (Å²) in [4.78, 5) is 110. The number of carbonyl (C=O) groups is 9. The molecule has 0 spiro atoms. The summed E-state index contributed by atoms with van der Waals surface area (Å²) >= 11 is 6.05. The lowest BCUT2D eigenvalue weighted by Gasteiger charge is -2.34. The molecule has 0 radical (unpaired) electrons. The molecule has 1 atom stereocenters. The highest BCUT2D eigenvalue weighted by atomic mass is 35.5. The number of hydrogen-bond acceptors (Lipinski definition) is 14. The lowest BCUT2D eigenvalue weighted by molar-refractivity contribution is -0.145. The summed E-state index contributed by atoms with van der Waals surface area (Å²) in [6.45, 7) is 12.2. The number of carboxylic acid groups (broad SMARTS) is 4. The molecule has 5 N–H and O–H groups in total. The van der Waals surface area contributed by atoms with E-state index in [1.54, 1.807) is 71.2 Å².